The summed E-state index contributed by atoms with van der Waals surface area (Å²) in [5.41, 5.74) is 0.887. The summed E-state index contributed by atoms with van der Waals surface area (Å²) in [6, 6.07) is 7.52. The monoisotopic (exact) mass is 209 g/mol. The Morgan fingerprint density at radius 3 is 2.93 bits per heavy atom. The van der Waals surface area contributed by atoms with Gasteiger partial charge in [-0.3, -0.25) is 0 Å². The Labute approximate surface area is 91.1 Å². The van der Waals surface area contributed by atoms with Gasteiger partial charge in [0.15, 0.2) is 0 Å². The van der Waals surface area contributed by atoms with Gasteiger partial charge in [-0.25, -0.2) is 0 Å². The van der Waals surface area contributed by atoms with Gasteiger partial charge in [0.1, 0.15) is 5.75 Å². The second-order valence-electron chi connectivity index (χ2n) is 3.50. The molecule has 0 heterocycles. The van der Waals surface area contributed by atoms with Crippen molar-refractivity contribution in [2.45, 2.75) is 19.4 Å². The molecule has 84 valence electrons. The second kappa shape index (κ2) is 6.43. The molecule has 0 radical (unpaired) electrons. The van der Waals surface area contributed by atoms with Crippen LogP contribution in [0.15, 0.2) is 24.3 Å². The number of ether oxygens (including phenoxy) is 1. The molecular weight excluding hydrogens is 190 g/mol. The number of hydrogen-bond donors (Lipinski definition) is 2. The third-order valence-corrected chi connectivity index (χ3v) is 2.24. The SMILES string of the molecule is CCCNCC(O)c1cccc(OC)c1. The lowest BCUT2D eigenvalue weighted by Crippen LogP contribution is -2.22. The third kappa shape index (κ3) is 3.90. The van der Waals surface area contributed by atoms with E-state index in [1.54, 1.807) is 7.11 Å². The molecule has 3 heteroatoms. The smallest absolute Gasteiger partial charge is 0.119 e. The number of methoxy groups -OCH3 is 1. The minimum atomic E-state index is -0.466. The lowest BCUT2D eigenvalue weighted by atomic mass is 10.1. The first kappa shape index (κ1) is 12.0. The van der Waals surface area contributed by atoms with Crippen LogP contribution in [0.4, 0.5) is 0 Å². The van der Waals surface area contributed by atoms with Gasteiger partial charge in [-0.05, 0) is 30.7 Å². The van der Waals surface area contributed by atoms with Crippen molar-refractivity contribution in [1.29, 1.82) is 0 Å². The summed E-state index contributed by atoms with van der Waals surface area (Å²) >= 11 is 0. The molecule has 0 fully saturated rings. The maximum atomic E-state index is 9.85. The van der Waals surface area contributed by atoms with E-state index >= 15 is 0 Å². The van der Waals surface area contributed by atoms with Gasteiger partial charge in [-0.1, -0.05) is 19.1 Å². The second-order valence-corrected chi connectivity index (χ2v) is 3.50. The molecule has 1 rings (SSSR count). The van der Waals surface area contributed by atoms with E-state index in [0.717, 1.165) is 24.3 Å². The van der Waals surface area contributed by atoms with E-state index in [2.05, 4.69) is 12.2 Å². The average molecular weight is 209 g/mol. The first-order valence-electron chi connectivity index (χ1n) is 5.30. The summed E-state index contributed by atoms with van der Waals surface area (Å²) in [4.78, 5) is 0. The summed E-state index contributed by atoms with van der Waals surface area (Å²) in [6.45, 7) is 3.62. The van der Waals surface area contributed by atoms with E-state index in [9.17, 15) is 5.11 Å². The summed E-state index contributed by atoms with van der Waals surface area (Å²) in [7, 11) is 1.63. The van der Waals surface area contributed by atoms with Crippen molar-refractivity contribution in [3.63, 3.8) is 0 Å². The Kier molecular flexibility index (Phi) is 5.15. The molecular formula is C12H19NO2. The van der Waals surface area contributed by atoms with E-state index in [0.29, 0.717) is 6.54 Å². The highest BCUT2D eigenvalue weighted by Gasteiger charge is 2.07. The van der Waals surface area contributed by atoms with Gasteiger partial charge in [-0.2, -0.15) is 0 Å². The highest BCUT2D eigenvalue weighted by atomic mass is 16.5. The van der Waals surface area contributed by atoms with Gasteiger partial charge in [0.25, 0.3) is 0 Å². The molecule has 1 unspecified atom stereocenters. The molecule has 15 heavy (non-hydrogen) atoms. The van der Waals surface area contributed by atoms with E-state index in [1.165, 1.54) is 0 Å². The molecule has 0 aliphatic rings. The van der Waals surface area contributed by atoms with Crippen molar-refractivity contribution in [1.82, 2.24) is 5.32 Å². The highest BCUT2D eigenvalue weighted by Crippen LogP contribution is 2.18. The fourth-order valence-corrected chi connectivity index (χ4v) is 1.38. The normalized spacial score (nSPS) is 12.5. The minimum absolute atomic E-state index is 0.466. The van der Waals surface area contributed by atoms with Crippen molar-refractivity contribution >= 4 is 0 Å². The largest absolute Gasteiger partial charge is 0.497 e. The van der Waals surface area contributed by atoms with Gasteiger partial charge in [0.2, 0.25) is 0 Å². The van der Waals surface area contributed by atoms with Crippen LogP contribution in [-0.4, -0.2) is 25.3 Å². The number of aliphatic hydroxyl groups excluding tert-OH is 1. The Balaban J connectivity index is 2.52. The Hall–Kier alpha value is -1.06. The standard InChI is InChI=1S/C12H19NO2/c1-3-7-13-9-12(14)10-5-4-6-11(8-10)15-2/h4-6,8,12-14H,3,7,9H2,1-2H3. The van der Waals surface area contributed by atoms with Crippen molar-refractivity contribution < 1.29 is 9.84 Å². The molecule has 0 bridgehead atoms. The number of aliphatic hydroxyl groups is 1. The fourth-order valence-electron chi connectivity index (χ4n) is 1.38. The van der Waals surface area contributed by atoms with Crippen LogP contribution in [-0.2, 0) is 0 Å². The van der Waals surface area contributed by atoms with E-state index in [1.807, 2.05) is 24.3 Å². The zero-order valence-electron chi connectivity index (χ0n) is 9.36. The number of nitrogens with one attached hydrogen (secondary N) is 1. The van der Waals surface area contributed by atoms with Crippen LogP contribution < -0.4 is 10.1 Å². The molecule has 3 nitrogen and oxygen atoms in total. The van der Waals surface area contributed by atoms with Crippen molar-refractivity contribution in [3.05, 3.63) is 29.8 Å². The van der Waals surface area contributed by atoms with Crippen LogP contribution in [0.5, 0.6) is 5.75 Å². The van der Waals surface area contributed by atoms with Gasteiger partial charge >= 0.3 is 0 Å². The highest BCUT2D eigenvalue weighted by molar-refractivity contribution is 5.29. The number of rotatable bonds is 6. The first-order valence-corrected chi connectivity index (χ1v) is 5.30. The van der Waals surface area contributed by atoms with Gasteiger partial charge in [-0.15, -0.1) is 0 Å². The molecule has 0 saturated heterocycles. The molecule has 0 aromatic heterocycles. The molecule has 0 spiro atoms. The maximum Gasteiger partial charge on any atom is 0.119 e. The van der Waals surface area contributed by atoms with E-state index in [-0.39, 0.29) is 0 Å². The van der Waals surface area contributed by atoms with Gasteiger partial charge in [0.05, 0.1) is 13.2 Å². The van der Waals surface area contributed by atoms with Gasteiger partial charge < -0.3 is 15.2 Å². The van der Waals surface area contributed by atoms with Crippen molar-refractivity contribution in [3.8, 4) is 5.75 Å². The maximum absolute atomic E-state index is 9.85. The molecule has 0 amide bonds. The van der Waals surface area contributed by atoms with Crippen LogP contribution in [0.3, 0.4) is 0 Å². The Morgan fingerprint density at radius 1 is 1.47 bits per heavy atom. The molecule has 1 atom stereocenters. The molecule has 0 aliphatic carbocycles. The fraction of sp³-hybridized carbons (Fsp3) is 0.500. The van der Waals surface area contributed by atoms with Crippen LogP contribution in [0.2, 0.25) is 0 Å². The molecule has 2 N–H and O–H groups in total. The lowest BCUT2D eigenvalue weighted by Gasteiger charge is -2.12. The minimum Gasteiger partial charge on any atom is -0.497 e. The zero-order chi connectivity index (χ0) is 11.1. The molecule has 0 saturated carbocycles. The van der Waals surface area contributed by atoms with Crippen LogP contribution >= 0.6 is 0 Å². The molecule has 1 aromatic carbocycles. The zero-order valence-corrected chi connectivity index (χ0v) is 9.36. The van der Waals surface area contributed by atoms with Crippen LogP contribution in [0.25, 0.3) is 0 Å². The number of benzene rings is 1. The first-order chi connectivity index (χ1) is 7.27. The topological polar surface area (TPSA) is 41.5 Å². The summed E-state index contributed by atoms with van der Waals surface area (Å²) < 4.78 is 5.10. The van der Waals surface area contributed by atoms with Crippen LogP contribution in [0.1, 0.15) is 25.0 Å². The average Bonchev–Trinajstić information content (AvgIpc) is 2.29. The quantitative estimate of drug-likeness (QED) is 0.701. The Morgan fingerprint density at radius 2 is 2.27 bits per heavy atom. The summed E-state index contributed by atoms with van der Waals surface area (Å²) in [5, 5.41) is 13.0. The van der Waals surface area contributed by atoms with Crippen LogP contribution in [0, 0.1) is 0 Å². The predicted molar refractivity (Wildman–Crippen MR) is 61.1 cm³/mol. The van der Waals surface area contributed by atoms with E-state index in [4.69, 9.17) is 4.74 Å². The van der Waals surface area contributed by atoms with Crippen molar-refractivity contribution in [2.75, 3.05) is 20.2 Å². The van der Waals surface area contributed by atoms with Crippen molar-refractivity contribution in [2.24, 2.45) is 0 Å². The summed E-state index contributed by atoms with van der Waals surface area (Å²) in [5.74, 6) is 0.780. The molecule has 0 aliphatic heterocycles. The third-order valence-electron chi connectivity index (χ3n) is 2.24. The summed E-state index contributed by atoms with van der Waals surface area (Å²) in [6.07, 6.45) is 0.608. The molecule has 1 aromatic rings. The number of hydrogen-bond acceptors (Lipinski definition) is 3. The van der Waals surface area contributed by atoms with E-state index < -0.39 is 6.10 Å². The predicted octanol–water partition coefficient (Wildman–Crippen LogP) is 1.73. The van der Waals surface area contributed by atoms with Gasteiger partial charge in [0, 0.05) is 6.54 Å². The lowest BCUT2D eigenvalue weighted by molar-refractivity contribution is 0.174. The Bertz CT molecular complexity index is 289.